The highest BCUT2D eigenvalue weighted by molar-refractivity contribution is 6.04. The Labute approximate surface area is 224 Å². The molecule has 2 heterocycles. The summed E-state index contributed by atoms with van der Waals surface area (Å²) in [6, 6.07) is 6.86. The van der Waals surface area contributed by atoms with Gasteiger partial charge in [0.1, 0.15) is 11.6 Å². The van der Waals surface area contributed by atoms with Crippen LogP contribution in [-0.4, -0.2) is 16.0 Å². The van der Waals surface area contributed by atoms with Gasteiger partial charge in [0.15, 0.2) is 0 Å². The molecule has 0 saturated heterocycles. The summed E-state index contributed by atoms with van der Waals surface area (Å²) >= 11 is 0. The van der Waals surface area contributed by atoms with Gasteiger partial charge in [-0.2, -0.15) is 26.3 Å². The maximum atomic E-state index is 13.2. The van der Waals surface area contributed by atoms with Crippen LogP contribution < -0.4 is 11.1 Å². The molecule has 3 N–H and O–H groups in total. The Balaban J connectivity index is 1.65. The van der Waals surface area contributed by atoms with Crippen molar-refractivity contribution in [2.24, 2.45) is 0 Å². The zero-order valence-electron chi connectivity index (χ0n) is 21.2. The summed E-state index contributed by atoms with van der Waals surface area (Å²) in [6.07, 6.45) is -8.54. The lowest BCUT2D eigenvalue weighted by molar-refractivity contribution is -0.143. The standard InChI is InChI=1S/C28H20F6N4O2/c1-14-4-5-19(26(39)37-23-11-21(27(29,30)31)10-22(12-23)28(32,33)34)8-17(14)6-7-18-9-20(13-36-25(18)35)24-15(2)38-40-16(24)3/h4-5,8-13H,1-3H3,(H2,35,36)(H,37,39). The Morgan fingerprint density at radius 1 is 0.900 bits per heavy atom. The fourth-order valence-corrected chi connectivity index (χ4v) is 3.87. The molecule has 0 radical (unpaired) electrons. The fraction of sp³-hybridized carbons (Fsp3) is 0.179. The zero-order valence-corrected chi connectivity index (χ0v) is 21.2. The van der Waals surface area contributed by atoms with Crippen molar-refractivity contribution in [2.45, 2.75) is 33.1 Å². The number of rotatable bonds is 3. The third-order valence-electron chi connectivity index (χ3n) is 5.92. The van der Waals surface area contributed by atoms with E-state index < -0.39 is 35.1 Å². The van der Waals surface area contributed by atoms with Crippen molar-refractivity contribution in [1.29, 1.82) is 0 Å². The second-order valence-electron chi connectivity index (χ2n) is 8.88. The van der Waals surface area contributed by atoms with E-state index >= 15 is 0 Å². The van der Waals surface area contributed by atoms with Crippen molar-refractivity contribution in [3.63, 3.8) is 0 Å². The lowest BCUT2D eigenvalue weighted by atomic mass is 10.0. The van der Waals surface area contributed by atoms with Crippen LogP contribution >= 0.6 is 0 Å². The molecule has 6 nitrogen and oxygen atoms in total. The van der Waals surface area contributed by atoms with Gasteiger partial charge in [0.05, 0.1) is 22.4 Å². The Morgan fingerprint density at radius 2 is 1.52 bits per heavy atom. The number of hydrogen-bond donors (Lipinski definition) is 2. The number of benzene rings is 2. The Kier molecular flexibility index (Phi) is 7.34. The quantitative estimate of drug-likeness (QED) is 0.210. The van der Waals surface area contributed by atoms with E-state index in [1.807, 2.05) is 0 Å². The highest BCUT2D eigenvalue weighted by Crippen LogP contribution is 2.37. The number of pyridine rings is 1. The van der Waals surface area contributed by atoms with E-state index in [9.17, 15) is 31.1 Å². The molecule has 4 aromatic rings. The van der Waals surface area contributed by atoms with E-state index in [1.165, 1.54) is 12.1 Å². The molecule has 0 aliphatic rings. The van der Waals surface area contributed by atoms with Crippen LogP contribution in [-0.2, 0) is 12.4 Å². The molecule has 0 unspecified atom stereocenters. The van der Waals surface area contributed by atoms with Crippen LogP contribution in [0.25, 0.3) is 11.1 Å². The molecule has 0 aliphatic heterocycles. The van der Waals surface area contributed by atoms with E-state index in [0.29, 0.717) is 45.8 Å². The number of amides is 1. The summed E-state index contributed by atoms with van der Waals surface area (Å²) in [5.41, 5.74) is 5.73. The van der Waals surface area contributed by atoms with Crippen molar-refractivity contribution in [3.05, 3.63) is 93.5 Å². The molecule has 2 aromatic heterocycles. The van der Waals surface area contributed by atoms with Crippen LogP contribution in [0.1, 0.15) is 49.6 Å². The number of nitrogen functional groups attached to an aromatic ring is 1. The van der Waals surface area contributed by atoms with Crippen LogP contribution in [0.3, 0.4) is 0 Å². The molecule has 12 heteroatoms. The molecule has 0 spiro atoms. The van der Waals surface area contributed by atoms with Gasteiger partial charge in [-0.25, -0.2) is 4.98 Å². The highest BCUT2D eigenvalue weighted by atomic mass is 19.4. The Morgan fingerprint density at radius 3 is 2.10 bits per heavy atom. The fourth-order valence-electron chi connectivity index (χ4n) is 3.87. The number of aryl methyl sites for hydroxylation is 3. The van der Waals surface area contributed by atoms with Gasteiger partial charge in [-0.1, -0.05) is 23.1 Å². The summed E-state index contributed by atoms with van der Waals surface area (Å²) in [5, 5.41) is 6.03. The lowest BCUT2D eigenvalue weighted by Crippen LogP contribution is -2.16. The number of carbonyl (C=O) groups is 1. The molecular formula is C28H20F6N4O2. The highest BCUT2D eigenvalue weighted by Gasteiger charge is 2.37. The van der Waals surface area contributed by atoms with Crippen molar-refractivity contribution < 1.29 is 35.7 Å². The van der Waals surface area contributed by atoms with Gasteiger partial charge in [-0.3, -0.25) is 4.79 Å². The molecule has 2 aromatic carbocycles. The molecule has 0 aliphatic carbocycles. The number of carbonyl (C=O) groups excluding carboxylic acids is 1. The summed E-state index contributed by atoms with van der Waals surface area (Å²) in [4.78, 5) is 17.0. The van der Waals surface area contributed by atoms with Gasteiger partial charge in [0.2, 0.25) is 0 Å². The summed E-state index contributed by atoms with van der Waals surface area (Å²) in [5.74, 6) is 5.62. The second kappa shape index (κ2) is 10.4. The van der Waals surface area contributed by atoms with E-state index in [4.69, 9.17) is 10.3 Å². The van der Waals surface area contributed by atoms with Gasteiger partial charge < -0.3 is 15.6 Å². The molecule has 0 atom stereocenters. The number of alkyl halides is 6. The number of aromatic nitrogens is 2. The molecule has 40 heavy (non-hydrogen) atoms. The van der Waals surface area contributed by atoms with E-state index in [0.717, 1.165) is 5.56 Å². The predicted molar refractivity (Wildman–Crippen MR) is 135 cm³/mol. The predicted octanol–water partition coefficient (Wildman–Crippen LogP) is 6.93. The monoisotopic (exact) mass is 558 g/mol. The molecule has 0 bridgehead atoms. The van der Waals surface area contributed by atoms with Crippen LogP contribution in [0.15, 0.2) is 53.2 Å². The van der Waals surface area contributed by atoms with E-state index in [2.05, 4.69) is 27.3 Å². The number of halogens is 6. The first-order valence-electron chi connectivity index (χ1n) is 11.6. The molecular weight excluding hydrogens is 538 g/mol. The van der Waals surface area contributed by atoms with Crippen molar-refractivity contribution in [3.8, 4) is 23.0 Å². The maximum absolute atomic E-state index is 13.2. The molecule has 206 valence electrons. The summed E-state index contributed by atoms with van der Waals surface area (Å²) in [6.45, 7) is 5.24. The number of nitrogens with one attached hydrogen (secondary N) is 1. The van der Waals surface area contributed by atoms with Crippen LogP contribution in [0.5, 0.6) is 0 Å². The first-order chi connectivity index (χ1) is 18.6. The molecule has 1 amide bonds. The van der Waals surface area contributed by atoms with Gasteiger partial charge in [0.25, 0.3) is 5.91 Å². The van der Waals surface area contributed by atoms with Crippen molar-refractivity contribution in [1.82, 2.24) is 10.1 Å². The largest absolute Gasteiger partial charge is 0.416 e. The number of nitrogens with zero attached hydrogens (tertiary/aromatic N) is 2. The normalized spacial score (nSPS) is 11.6. The minimum Gasteiger partial charge on any atom is -0.383 e. The lowest BCUT2D eigenvalue weighted by Gasteiger charge is -2.15. The van der Waals surface area contributed by atoms with Gasteiger partial charge in [-0.05, 0) is 62.7 Å². The smallest absolute Gasteiger partial charge is 0.383 e. The van der Waals surface area contributed by atoms with E-state index in [1.54, 1.807) is 39.1 Å². The maximum Gasteiger partial charge on any atom is 0.416 e. The average molecular weight is 558 g/mol. The second-order valence-corrected chi connectivity index (χ2v) is 8.88. The third-order valence-corrected chi connectivity index (χ3v) is 5.92. The summed E-state index contributed by atoms with van der Waals surface area (Å²) < 4.78 is 84.2. The van der Waals surface area contributed by atoms with E-state index in [-0.39, 0.29) is 17.4 Å². The average Bonchev–Trinajstić information content (AvgIpc) is 3.20. The number of nitrogens with two attached hydrogens (primary N) is 1. The number of anilines is 2. The van der Waals surface area contributed by atoms with Gasteiger partial charge in [-0.15, -0.1) is 0 Å². The van der Waals surface area contributed by atoms with Crippen LogP contribution in [0, 0.1) is 32.6 Å². The van der Waals surface area contributed by atoms with Crippen molar-refractivity contribution in [2.75, 3.05) is 11.1 Å². The van der Waals surface area contributed by atoms with Gasteiger partial charge in [0, 0.05) is 34.1 Å². The minimum atomic E-state index is -5.05. The molecule has 0 saturated carbocycles. The Bertz CT molecular complexity index is 1630. The first kappa shape index (κ1) is 28.2. The molecule has 0 fully saturated rings. The Hall–Kier alpha value is -4.79. The SMILES string of the molecule is Cc1ccc(C(=O)Nc2cc(C(F)(F)F)cc(C(F)(F)F)c2)cc1C#Cc1cc(-c2c(C)noc2C)cnc1N. The minimum absolute atomic E-state index is 0.0174. The third kappa shape index (κ3) is 6.09. The summed E-state index contributed by atoms with van der Waals surface area (Å²) in [7, 11) is 0. The topological polar surface area (TPSA) is 94.0 Å². The van der Waals surface area contributed by atoms with Crippen molar-refractivity contribution >= 4 is 17.4 Å². The number of hydrogen-bond acceptors (Lipinski definition) is 5. The van der Waals surface area contributed by atoms with Crippen LogP contribution in [0.2, 0.25) is 0 Å². The zero-order chi connectivity index (χ0) is 29.4. The van der Waals surface area contributed by atoms with Gasteiger partial charge >= 0.3 is 12.4 Å². The van der Waals surface area contributed by atoms with Crippen LogP contribution in [0.4, 0.5) is 37.8 Å². The molecule has 4 rings (SSSR count). The first-order valence-corrected chi connectivity index (χ1v) is 11.6.